The Morgan fingerprint density at radius 2 is 2.10 bits per heavy atom. The van der Waals surface area contributed by atoms with Gasteiger partial charge in [0, 0.05) is 19.7 Å². The first kappa shape index (κ1) is 17.4. The number of nitrogens with two attached hydrogens (primary N) is 1. The number of ether oxygens (including phenoxy) is 1. The molecular formula is C12H18BrFN2O3S. The highest BCUT2D eigenvalue weighted by Crippen LogP contribution is 2.29. The first-order chi connectivity index (χ1) is 9.25. The van der Waals surface area contributed by atoms with Crippen LogP contribution in [0.2, 0.25) is 0 Å². The molecule has 5 nitrogen and oxygen atoms in total. The van der Waals surface area contributed by atoms with Crippen molar-refractivity contribution in [2.24, 2.45) is 0 Å². The largest absolute Gasteiger partial charge is 0.398 e. The van der Waals surface area contributed by atoms with Crippen LogP contribution in [0.25, 0.3) is 0 Å². The van der Waals surface area contributed by atoms with Gasteiger partial charge in [0.1, 0.15) is 10.7 Å². The number of sulfonamides is 1. The van der Waals surface area contributed by atoms with Crippen LogP contribution >= 0.6 is 15.9 Å². The van der Waals surface area contributed by atoms with Crippen LogP contribution in [-0.2, 0) is 14.8 Å². The average molecular weight is 369 g/mol. The smallest absolute Gasteiger partial charge is 0.245 e. The third kappa shape index (κ3) is 3.49. The fourth-order valence-corrected chi connectivity index (χ4v) is 4.18. The summed E-state index contributed by atoms with van der Waals surface area (Å²) in [6, 6.07) is 1.83. The van der Waals surface area contributed by atoms with Crippen LogP contribution in [0.15, 0.2) is 21.5 Å². The van der Waals surface area contributed by atoms with Gasteiger partial charge in [0.05, 0.1) is 16.8 Å². The molecule has 0 saturated carbocycles. The van der Waals surface area contributed by atoms with Gasteiger partial charge in [-0.25, -0.2) is 12.8 Å². The zero-order valence-electron chi connectivity index (χ0n) is 11.6. The topological polar surface area (TPSA) is 72.6 Å². The van der Waals surface area contributed by atoms with E-state index < -0.39 is 15.8 Å². The SMILES string of the molecule is CCN(C(C)COC)S(=O)(=O)c1cc(Br)c(F)cc1N. The maximum absolute atomic E-state index is 13.4. The molecule has 0 saturated heterocycles. The van der Waals surface area contributed by atoms with E-state index in [1.54, 1.807) is 13.8 Å². The number of halogens is 2. The van der Waals surface area contributed by atoms with Crippen LogP contribution in [-0.4, -0.2) is 39.0 Å². The van der Waals surface area contributed by atoms with Crippen LogP contribution < -0.4 is 5.73 Å². The lowest BCUT2D eigenvalue weighted by Crippen LogP contribution is -2.41. The van der Waals surface area contributed by atoms with Crippen LogP contribution in [0.5, 0.6) is 0 Å². The Morgan fingerprint density at radius 3 is 2.60 bits per heavy atom. The summed E-state index contributed by atoms with van der Waals surface area (Å²) in [4.78, 5) is -0.115. The van der Waals surface area contributed by atoms with Gasteiger partial charge >= 0.3 is 0 Å². The minimum Gasteiger partial charge on any atom is -0.398 e. The molecule has 1 aromatic rings. The van der Waals surface area contributed by atoms with Crippen molar-refractivity contribution in [3.05, 3.63) is 22.4 Å². The minimum absolute atomic E-state index is 0.0562. The summed E-state index contributed by atoms with van der Waals surface area (Å²) in [7, 11) is -2.31. The van der Waals surface area contributed by atoms with E-state index in [9.17, 15) is 12.8 Å². The van der Waals surface area contributed by atoms with Crippen molar-refractivity contribution in [1.29, 1.82) is 0 Å². The molecule has 0 fully saturated rings. The van der Waals surface area contributed by atoms with Crippen molar-refractivity contribution < 1.29 is 17.5 Å². The van der Waals surface area contributed by atoms with E-state index in [4.69, 9.17) is 10.5 Å². The van der Waals surface area contributed by atoms with E-state index in [1.807, 2.05) is 0 Å². The van der Waals surface area contributed by atoms with Gasteiger partial charge < -0.3 is 10.5 Å². The summed E-state index contributed by atoms with van der Waals surface area (Å²) >= 11 is 2.97. The summed E-state index contributed by atoms with van der Waals surface area (Å²) in [5.41, 5.74) is 5.53. The standard InChI is InChI=1S/C12H18BrFN2O3S/c1-4-16(8(2)7-19-3)20(17,18)12-5-9(13)10(14)6-11(12)15/h5-6,8H,4,7,15H2,1-3H3. The molecule has 0 aliphatic heterocycles. The Morgan fingerprint density at radius 1 is 1.50 bits per heavy atom. The van der Waals surface area contributed by atoms with Crippen molar-refractivity contribution in [1.82, 2.24) is 4.31 Å². The molecule has 1 unspecified atom stereocenters. The first-order valence-electron chi connectivity index (χ1n) is 6.01. The number of likely N-dealkylation sites (N-methyl/N-ethyl adjacent to an activating group) is 1. The number of nitrogen functional groups attached to an aromatic ring is 1. The lowest BCUT2D eigenvalue weighted by molar-refractivity contribution is 0.142. The van der Waals surface area contributed by atoms with Crippen LogP contribution in [0.3, 0.4) is 0 Å². The van der Waals surface area contributed by atoms with Crippen molar-refractivity contribution in [2.45, 2.75) is 24.8 Å². The normalized spacial score (nSPS) is 13.7. The Bertz CT molecular complexity index is 580. The van der Waals surface area contributed by atoms with Gasteiger partial charge in [-0.1, -0.05) is 6.92 Å². The lowest BCUT2D eigenvalue weighted by Gasteiger charge is -2.27. The molecule has 0 bridgehead atoms. The van der Waals surface area contributed by atoms with E-state index in [0.29, 0.717) is 0 Å². The van der Waals surface area contributed by atoms with Gasteiger partial charge in [-0.05, 0) is 35.0 Å². The average Bonchev–Trinajstić information content (AvgIpc) is 2.34. The molecule has 0 spiro atoms. The second kappa shape index (κ2) is 6.84. The summed E-state index contributed by atoms with van der Waals surface area (Å²) in [6.07, 6.45) is 0. The van der Waals surface area contributed by atoms with Gasteiger partial charge in [0.15, 0.2) is 0 Å². The van der Waals surface area contributed by atoms with Crippen LogP contribution in [0, 0.1) is 5.82 Å². The fraction of sp³-hybridized carbons (Fsp3) is 0.500. The molecule has 1 aromatic carbocycles. The molecule has 114 valence electrons. The van der Waals surface area contributed by atoms with Crippen molar-refractivity contribution >= 4 is 31.6 Å². The second-order valence-electron chi connectivity index (χ2n) is 4.32. The third-order valence-electron chi connectivity index (χ3n) is 2.85. The highest BCUT2D eigenvalue weighted by molar-refractivity contribution is 9.10. The number of anilines is 1. The highest BCUT2D eigenvalue weighted by atomic mass is 79.9. The predicted molar refractivity (Wildman–Crippen MR) is 79.4 cm³/mol. The number of nitrogens with zero attached hydrogens (tertiary/aromatic N) is 1. The quantitative estimate of drug-likeness (QED) is 0.781. The molecule has 0 radical (unpaired) electrons. The van der Waals surface area contributed by atoms with Crippen LogP contribution in [0.4, 0.5) is 10.1 Å². The molecular weight excluding hydrogens is 351 g/mol. The third-order valence-corrected chi connectivity index (χ3v) is 5.60. The van der Waals surface area contributed by atoms with Gasteiger partial charge in [-0.2, -0.15) is 4.31 Å². The van der Waals surface area contributed by atoms with Gasteiger partial charge in [-0.15, -0.1) is 0 Å². The molecule has 0 amide bonds. The Balaban J connectivity index is 3.31. The molecule has 0 aliphatic rings. The Kier molecular flexibility index (Phi) is 5.93. The van der Waals surface area contributed by atoms with Gasteiger partial charge in [0.2, 0.25) is 10.0 Å². The van der Waals surface area contributed by atoms with E-state index >= 15 is 0 Å². The maximum atomic E-state index is 13.4. The Labute approximate surface area is 127 Å². The van der Waals surface area contributed by atoms with Gasteiger partial charge in [-0.3, -0.25) is 0 Å². The number of hydrogen-bond acceptors (Lipinski definition) is 4. The molecule has 0 aliphatic carbocycles. The minimum atomic E-state index is -3.81. The summed E-state index contributed by atoms with van der Waals surface area (Å²) in [6.45, 7) is 3.98. The van der Waals surface area contributed by atoms with Crippen molar-refractivity contribution in [2.75, 3.05) is 26.0 Å². The van der Waals surface area contributed by atoms with E-state index in [0.717, 1.165) is 6.07 Å². The number of hydrogen-bond donors (Lipinski definition) is 1. The number of rotatable bonds is 6. The maximum Gasteiger partial charge on any atom is 0.245 e. The second-order valence-corrected chi connectivity index (χ2v) is 7.03. The zero-order chi connectivity index (χ0) is 15.5. The predicted octanol–water partition coefficient (Wildman–Crippen LogP) is 2.22. The van der Waals surface area contributed by atoms with Gasteiger partial charge in [0.25, 0.3) is 0 Å². The first-order valence-corrected chi connectivity index (χ1v) is 8.24. The summed E-state index contributed by atoms with van der Waals surface area (Å²) in [5.74, 6) is -0.602. The zero-order valence-corrected chi connectivity index (χ0v) is 14.0. The summed E-state index contributed by atoms with van der Waals surface area (Å²) in [5, 5.41) is 0. The molecule has 8 heteroatoms. The molecule has 0 aromatic heterocycles. The number of methoxy groups -OCH3 is 1. The molecule has 0 heterocycles. The van der Waals surface area contributed by atoms with E-state index in [2.05, 4.69) is 15.9 Å². The van der Waals surface area contributed by atoms with Crippen molar-refractivity contribution in [3.8, 4) is 0 Å². The van der Waals surface area contributed by atoms with E-state index in [1.165, 1.54) is 17.5 Å². The molecule has 1 atom stereocenters. The monoisotopic (exact) mass is 368 g/mol. The fourth-order valence-electron chi connectivity index (χ4n) is 1.94. The van der Waals surface area contributed by atoms with E-state index in [-0.39, 0.29) is 34.2 Å². The van der Waals surface area contributed by atoms with Crippen LogP contribution in [0.1, 0.15) is 13.8 Å². The van der Waals surface area contributed by atoms with Crippen molar-refractivity contribution in [3.63, 3.8) is 0 Å². The molecule has 2 N–H and O–H groups in total. The highest BCUT2D eigenvalue weighted by Gasteiger charge is 2.30. The Hall–Kier alpha value is -0.700. The molecule has 20 heavy (non-hydrogen) atoms. The summed E-state index contributed by atoms with van der Waals surface area (Å²) < 4.78 is 44.9. The lowest BCUT2D eigenvalue weighted by atomic mass is 10.3. The number of benzene rings is 1. The molecule has 1 rings (SSSR count).